The summed E-state index contributed by atoms with van der Waals surface area (Å²) in [5.41, 5.74) is 0. The molecule has 0 amide bonds. The largest absolute Gasteiger partial charge is 0.380 e. The molecule has 1 aliphatic rings. The second-order valence-corrected chi connectivity index (χ2v) is 4.31. The summed E-state index contributed by atoms with van der Waals surface area (Å²) in [5, 5.41) is 4.40. The minimum absolute atomic E-state index is 0.358. The number of thioether (sulfide) groups is 1. The molecule has 1 N–H and O–H groups in total. The van der Waals surface area contributed by atoms with Gasteiger partial charge in [0, 0.05) is 18.4 Å². The molecule has 0 fully saturated rings. The molecule has 0 aliphatic carbocycles. The number of nitrogens with zero attached hydrogens (tertiary/aromatic N) is 1. The van der Waals surface area contributed by atoms with Crippen molar-refractivity contribution in [3.63, 3.8) is 0 Å². The first kappa shape index (κ1) is 10.9. The molecule has 76 valence electrons. The van der Waals surface area contributed by atoms with Crippen molar-refractivity contribution in [2.75, 3.05) is 19.0 Å². The Morgan fingerprint density at radius 3 is 3.08 bits per heavy atom. The van der Waals surface area contributed by atoms with Crippen LogP contribution in [0.5, 0.6) is 0 Å². The van der Waals surface area contributed by atoms with Gasteiger partial charge in [0.15, 0.2) is 5.17 Å². The van der Waals surface area contributed by atoms with Gasteiger partial charge in [0.2, 0.25) is 0 Å². The first-order valence-corrected chi connectivity index (χ1v) is 5.75. The Hall–Kier alpha value is -0.220. The van der Waals surface area contributed by atoms with Crippen LogP contribution in [0, 0.1) is 0 Å². The third-order valence-electron chi connectivity index (χ3n) is 1.74. The van der Waals surface area contributed by atoms with Crippen LogP contribution in [0.15, 0.2) is 4.99 Å². The molecule has 0 spiro atoms. The van der Waals surface area contributed by atoms with E-state index in [9.17, 15) is 0 Å². The molecule has 0 aromatic heterocycles. The predicted molar refractivity (Wildman–Crippen MR) is 58.4 cm³/mol. The molecule has 0 radical (unpaired) electrons. The smallest absolute Gasteiger partial charge is 0.157 e. The van der Waals surface area contributed by atoms with Gasteiger partial charge in [-0.05, 0) is 20.8 Å². The van der Waals surface area contributed by atoms with Crippen molar-refractivity contribution in [2.45, 2.75) is 32.9 Å². The highest BCUT2D eigenvalue weighted by Gasteiger charge is 2.15. The zero-order valence-electron chi connectivity index (χ0n) is 8.54. The number of aliphatic imine (C=N–C) groups is 1. The standard InChI is InChI=1S/C9H18N2OS/c1-4-12-5-7(2)10-9-11-8(3)6-13-9/h7-8H,4-6H2,1-3H3,(H,10,11). The molecule has 2 atom stereocenters. The monoisotopic (exact) mass is 202 g/mol. The summed E-state index contributed by atoms with van der Waals surface area (Å²) in [6.07, 6.45) is 0. The second kappa shape index (κ2) is 5.50. The van der Waals surface area contributed by atoms with Gasteiger partial charge in [-0.1, -0.05) is 11.8 Å². The van der Waals surface area contributed by atoms with E-state index in [0.717, 1.165) is 24.1 Å². The second-order valence-electron chi connectivity index (χ2n) is 3.30. The summed E-state index contributed by atoms with van der Waals surface area (Å²) < 4.78 is 5.31. The van der Waals surface area contributed by atoms with Gasteiger partial charge in [-0.3, -0.25) is 4.99 Å². The van der Waals surface area contributed by atoms with Gasteiger partial charge in [-0.2, -0.15) is 0 Å². The van der Waals surface area contributed by atoms with Gasteiger partial charge in [-0.25, -0.2) is 0 Å². The van der Waals surface area contributed by atoms with Crippen LogP contribution in [-0.4, -0.2) is 36.2 Å². The molecule has 0 bridgehead atoms. The Labute approximate surface area is 84.3 Å². The number of rotatable bonds is 4. The maximum atomic E-state index is 5.31. The van der Waals surface area contributed by atoms with Crippen LogP contribution in [0.1, 0.15) is 20.8 Å². The fourth-order valence-electron chi connectivity index (χ4n) is 1.10. The van der Waals surface area contributed by atoms with Crippen LogP contribution in [0.25, 0.3) is 0 Å². The summed E-state index contributed by atoms with van der Waals surface area (Å²) >= 11 is 1.80. The van der Waals surface area contributed by atoms with Crippen LogP contribution < -0.4 is 5.32 Å². The summed E-state index contributed by atoms with van der Waals surface area (Å²) in [6, 6.07) is 0.822. The summed E-state index contributed by atoms with van der Waals surface area (Å²) in [7, 11) is 0. The van der Waals surface area contributed by atoms with Crippen LogP contribution in [0.2, 0.25) is 0 Å². The molecule has 0 aromatic carbocycles. The average Bonchev–Trinajstić information content (AvgIpc) is 2.48. The lowest BCUT2D eigenvalue weighted by Gasteiger charge is -2.13. The molecule has 0 aromatic rings. The lowest BCUT2D eigenvalue weighted by atomic mass is 10.4. The van der Waals surface area contributed by atoms with Crippen LogP contribution >= 0.6 is 11.8 Å². The Morgan fingerprint density at radius 2 is 2.54 bits per heavy atom. The normalized spacial score (nSPS) is 24.2. The predicted octanol–water partition coefficient (Wildman–Crippen LogP) is 1.49. The molecule has 2 unspecified atom stereocenters. The molecule has 0 saturated carbocycles. The van der Waals surface area contributed by atoms with Gasteiger partial charge in [0.05, 0.1) is 12.6 Å². The van der Waals surface area contributed by atoms with Crippen molar-refractivity contribution in [1.29, 1.82) is 0 Å². The van der Waals surface area contributed by atoms with E-state index in [4.69, 9.17) is 4.74 Å². The van der Waals surface area contributed by atoms with Crippen molar-refractivity contribution in [3.8, 4) is 0 Å². The third-order valence-corrected chi connectivity index (χ3v) is 2.89. The topological polar surface area (TPSA) is 33.6 Å². The molecule has 1 rings (SSSR count). The fraction of sp³-hybridized carbons (Fsp3) is 0.889. The molecular formula is C9H18N2OS. The van der Waals surface area contributed by atoms with Crippen LogP contribution in [0.3, 0.4) is 0 Å². The molecule has 4 heteroatoms. The quantitative estimate of drug-likeness (QED) is 0.750. The Morgan fingerprint density at radius 1 is 1.77 bits per heavy atom. The molecule has 1 aliphatic heterocycles. The van der Waals surface area contributed by atoms with Crippen molar-refractivity contribution < 1.29 is 4.74 Å². The maximum absolute atomic E-state index is 5.31. The maximum Gasteiger partial charge on any atom is 0.157 e. The fourth-order valence-corrected chi connectivity index (χ4v) is 2.11. The first-order valence-electron chi connectivity index (χ1n) is 4.77. The summed E-state index contributed by atoms with van der Waals surface area (Å²) in [4.78, 5) is 4.45. The van der Waals surface area contributed by atoms with E-state index in [1.54, 1.807) is 11.8 Å². The van der Waals surface area contributed by atoms with E-state index in [0.29, 0.717) is 12.1 Å². The van der Waals surface area contributed by atoms with Gasteiger partial charge < -0.3 is 10.1 Å². The van der Waals surface area contributed by atoms with Crippen LogP contribution in [0.4, 0.5) is 0 Å². The van der Waals surface area contributed by atoms with Crippen molar-refractivity contribution >= 4 is 16.9 Å². The Balaban J connectivity index is 2.20. The zero-order chi connectivity index (χ0) is 9.68. The Kier molecular flexibility index (Phi) is 4.59. The van der Waals surface area contributed by atoms with Gasteiger partial charge in [0.25, 0.3) is 0 Å². The molecule has 3 nitrogen and oxygen atoms in total. The number of hydrogen-bond donors (Lipinski definition) is 1. The number of hydrogen-bond acceptors (Lipinski definition) is 4. The highest BCUT2D eigenvalue weighted by atomic mass is 32.2. The van der Waals surface area contributed by atoms with Gasteiger partial charge in [0.1, 0.15) is 0 Å². The minimum atomic E-state index is 0.358. The summed E-state index contributed by atoms with van der Waals surface area (Å²) in [5.74, 6) is 1.10. The lowest BCUT2D eigenvalue weighted by molar-refractivity contribution is 0.133. The van der Waals surface area contributed by atoms with E-state index < -0.39 is 0 Å². The number of ether oxygens (including phenoxy) is 1. The minimum Gasteiger partial charge on any atom is -0.380 e. The molecule has 13 heavy (non-hydrogen) atoms. The third kappa shape index (κ3) is 4.00. The molecular weight excluding hydrogens is 184 g/mol. The number of amidine groups is 1. The highest BCUT2D eigenvalue weighted by molar-refractivity contribution is 8.14. The molecule has 0 saturated heterocycles. The number of nitrogens with one attached hydrogen (secondary N) is 1. The van der Waals surface area contributed by atoms with Crippen molar-refractivity contribution in [3.05, 3.63) is 0 Å². The average molecular weight is 202 g/mol. The van der Waals surface area contributed by atoms with E-state index in [1.165, 1.54) is 0 Å². The Bertz CT molecular complexity index is 184. The van der Waals surface area contributed by atoms with E-state index >= 15 is 0 Å². The highest BCUT2D eigenvalue weighted by Crippen LogP contribution is 2.15. The van der Waals surface area contributed by atoms with Crippen molar-refractivity contribution in [1.82, 2.24) is 5.32 Å². The summed E-state index contributed by atoms with van der Waals surface area (Å²) in [6.45, 7) is 7.79. The SMILES string of the molecule is CCOCC(C)NC1=NC(C)CS1. The van der Waals surface area contributed by atoms with E-state index in [2.05, 4.69) is 24.2 Å². The first-order chi connectivity index (χ1) is 6.22. The van der Waals surface area contributed by atoms with Gasteiger partial charge in [-0.15, -0.1) is 0 Å². The van der Waals surface area contributed by atoms with E-state index in [1.807, 2.05) is 6.92 Å². The van der Waals surface area contributed by atoms with Crippen LogP contribution in [-0.2, 0) is 4.74 Å². The lowest BCUT2D eigenvalue weighted by Crippen LogP contribution is -2.33. The zero-order valence-corrected chi connectivity index (χ0v) is 9.36. The van der Waals surface area contributed by atoms with Crippen molar-refractivity contribution in [2.24, 2.45) is 4.99 Å². The van der Waals surface area contributed by atoms with Gasteiger partial charge >= 0.3 is 0 Å². The molecule has 1 heterocycles. The van der Waals surface area contributed by atoms with E-state index in [-0.39, 0.29) is 0 Å².